The summed E-state index contributed by atoms with van der Waals surface area (Å²) >= 11 is 6.06. The van der Waals surface area contributed by atoms with Crippen molar-refractivity contribution in [2.24, 2.45) is 11.8 Å². The van der Waals surface area contributed by atoms with Gasteiger partial charge in [0.1, 0.15) is 5.75 Å². The predicted octanol–water partition coefficient (Wildman–Crippen LogP) is 2.92. The molecule has 0 aliphatic carbocycles. The second kappa shape index (κ2) is 6.87. The summed E-state index contributed by atoms with van der Waals surface area (Å²) in [5.74, 6) is -0.685. The van der Waals surface area contributed by atoms with Crippen molar-refractivity contribution in [2.75, 3.05) is 25.5 Å². The monoisotopic (exact) mass is 326 g/mol. The fourth-order valence-corrected chi connectivity index (χ4v) is 2.78. The van der Waals surface area contributed by atoms with Gasteiger partial charge in [0.25, 0.3) is 0 Å². The van der Waals surface area contributed by atoms with Crippen molar-refractivity contribution in [2.45, 2.75) is 13.3 Å². The maximum absolute atomic E-state index is 12.4. The van der Waals surface area contributed by atoms with Crippen molar-refractivity contribution >= 4 is 29.3 Å². The molecule has 1 aliphatic rings. The first-order chi connectivity index (χ1) is 10.4. The Kier molecular flexibility index (Phi) is 5.13. The molecule has 1 aliphatic heterocycles. The van der Waals surface area contributed by atoms with Crippen molar-refractivity contribution in [1.82, 2.24) is 4.90 Å². The maximum atomic E-state index is 12.4. The van der Waals surface area contributed by atoms with E-state index in [0.29, 0.717) is 29.4 Å². The van der Waals surface area contributed by atoms with Crippen LogP contribution in [0.15, 0.2) is 18.2 Å². The van der Waals surface area contributed by atoms with Gasteiger partial charge in [-0.25, -0.2) is 4.79 Å². The Morgan fingerprint density at radius 3 is 2.77 bits per heavy atom. The predicted molar refractivity (Wildman–Crippen MR) is 83.5 cm³/mol. The molecule has 7 heteroatoms. The van der Waals surface area contributed by atoms with Crippen LogP contribution in [0, 0.1) is 11.8 Å². The fourth-order valence-electron chi connectivity index (χ4n) is 2.62. The maximum Gasteiger partial charge on any atom is 0.321 e. The quantitative estimate of drug-likeness (QED) is 0.895. The number of likely N-dealkylation sites (tertiary alicyclic amines) is 1. The van der Waals surface area contributed by atoms with E-state index in [1.54, 1.807) is 18.2 Å². The number of hydrogen-bond acceptors (Lipinski definition) is 3. The van der Waals surface area contributed by atoms with Gasteiger partial charge in [-0.2, -0.15) is 0 Å². The van der Waals surface area contributed by atoms with Crippen LogP contribution in [0.25, 0.3) is 0 Å². The van der Waals surface area contributed by atoms with Crippen LogP contribution in [-0.4, -0.2) is 42.2 Å². The largest absolute Gasteiger partial charge is 0.497 e. The van der Waals surface area contributed by atoms with Gasteiger partial charge in [-0.3, -0.25) is 4.79 Å². The zero-order valence-electron chi connectivity index (χ0n) is 12.5. The van der Waals surface area contributed by atoms with Crippen molar-refractivity contribution in [3.8, 4) is 5.75 Å². The van der Waals surface area contributed by atoms with E-state index in [1.807, 2.05) is 6.92 Å². The van der Waals surface area contributed by atoms with Crippen LogP contribution in [0.5, 0.6) is 5.75 Å². The summed E-state index contributed by atoms with van der Waals surface area (Å²) in [4.78, 5) is 25.0. The van der Waals surface area contributed by atoms with Crippen LogP contribution in [0.4, 0.5) is 10.5 Å². The normalized spacial score (nSPS) is 21.3. The third kappa shape index (κ3) is 3.82. The number of carbonyl (C=O) groups excluding carboxylic acids is 1. The number of ether oxygens (including phenoxy) is 1. The van der Waals surface area contributed by atoms with Gasteiger partial charge in [0, 0.05) is 19.2 Å². The smallest absolute Gasteiger partial charge is 0.321 e. The summed E-state index contributed by atoms with van der Waals surface area (Å²) in [5.41, 5.74) is 0.441. The number of benzene rings is 1. The van der Waals surface area contributed by atoms with E-state index in [9.17, 15) is 9.59 Å². The van der Waals surface area contributed by atoms with E-state index in [4.69, 9.17) is 21.4 Å². The van der Waals surface area contributed by atoms with Gasteiger partial charge in [0.15, 0.2) is 0 Å². The summed E-state index contributed by atoms with van der Waals surface area (Å²) in [6.07, 6.45) is 0.582. The van der Waals surface area contributed by atoms with E-state index >= 15 is 0 Å². The number of amides is 2. The topological polar surface area (TPSA) is 78.9 Å². The first-order valence-corrected chi connectivity index (χ1v) is 7.40. The molecule has 2 N–H and O–H groups in total. The van der Waals surface area contributed by atoms with E-state index < -0.39 is 11.9 Å². The number of carboxylic acid groups (broad SMARTS) is 1. The molecule has 1 aromatic carbocycles. The Labute approximate surface area is 134 Å². The lowest BCUT2D eigenvalue weighted by atomic mass is 9.91. The van der Waals surface area contributed by atoms with Gasteiger partial charge < -0.3 is 20.1 Å². The number of halogens is 1. The van der Waals surface area contributed by atoms with Gasteiger partial charge in [0.2, 0.25) is 0 Å². The summed E-state index contributed by atoms with van der Waals surface area (Å²) in [6, 6.07) is 4.60. The molecule has 22 heavy (non-hydrogen) atoms. The van der Waals surface area contributed by atoms with E-state index in [2.05, 4.69) is 5.32 Å². The van der Waals surface area contributed by atoms with Crippen LogP contribution >= 0.6 is 11.6 Å². The van der Waals surface area contributed by atoms with E-state index in [0.717, 1.165) is 0 Å². The molecule has 0 radical (unpaired) electrons. The Balaban J connectivity index is 2.09. The molecule has 2 atom stereocenters. The van der Waals surface area contributed by atoms with Crippen molar-refractivity contribution in [3.63, 3.8) is 0 Å². The molecule has 120 valence electrons. The number of nitrogens with zero attached hydrogens (tertiary/aromatic N) is 1. The number of anilines is 1. The number of hydrogen-bond donors (Lipinski definition) is 2. The third-order valence-electron chi connectivity index (χ3n) is 3.71. The van der Waals surface area contributed by atoms with Gasteiger partial charge in [-0.15, -0.1) is 0 Å². The Hall–Kier alpha value is -1.95. The number of carboxylic acids is 1. The molecule has 1 fully saturated rings. The highest BCUT2D eigenvalue weighted by molar-refractivity contribution is 6.33. The highest BCUT2D eigenvalue weighted by atomic mass is 35.5. The minimum Gasteiger partial charge on any atom is -0.497 e. The molecule has 2 amide bonds. The zero-order valence-corrected chi connectivity index (χ0v) is 13.3. The average molecular weight is 327 g/mol. The van der Waals surface area contributed by atoms with Gasteiger partial charge >= 0.3 is 12.0 Å². The standard InChI is InChI=1S/C15H19ClN2O4/c1-9-5-10(14(19)20)8-18(7-9)15(21)17-13-6-11(22-2)3-4-12(13)16/h3-4,6,9-10H,5,7-8H2,1-2H3,(H,17,21)(H,19,20). The molecule has 1 saturated heterocycles. The minimum absolute atomic E-state index is 0.140. The Morgan fingerprint density at radius 1 is 1.41 bits per heavy atom. The minimum atomic E-state index is -0.872. The molecule has 1 heterocycles. The number of piperidine rings is 1. The molecule has 1 aromatic rings. The summed E-state index contributed by atoms with van der Waals surface area (Å²) < 4.78 is 5.10. The second-order valence-corrected chi connectivity index (χ2v) is 5.96. The number of methoxy groups -OCH3 is 1. The fraction of sp³-hybridized carbons (Fsp3) is 0.467. The molecule has 0 bridgehead atoms. The van der Waals surface area contributed by atoms with Crippen molar-refractivity contribution < 1.29 is 19.4 Å². The summed E-state index contributed by atoms with van der Waals surface area (Å²) in [7, 11) is 1.53. The molecular weight excluding hydrogens is 308 g/mol. The first-order valence-electron chi connectivity index (χ1n) is 7.03. The van der Waals surface area contributed by atoms with Crippen LogP contribution in [-0.2, 0) is 4.79 Å². The van der Waals surface area contributed by atoms with Gasteiger partial charge in [-0.05, 0) is 24.5 Å². The summed E-state index contributed by atoms with van der Waals surface area (Å²) in [6.45, 7) is 2.66. The molecule has 2 rings (SSSR count). The van der Waals surface area contributed by atoms with Crippen LogP contribution in [0.1, 0.15) is 13.3 Å². The molecule has 0 spiro atoms. The third-order valence-corrected chi connectivity index (χ3v) is 4.04. The number of rotatable bonds is 3. The number of aliphatic carboxylic acids is 1. The molecule has 2 unspecified atom stereocenters. The van der Waals surface area contributed by atoms with E-state index in [-0.39, 0.29) is 18.5 Å². The highest BCUT2D eigenvalue weighted by Crippen LogP contribution is 2.28. The zero-order chi connectivity index (χ0) is 16.3. The first kappa shape index (κ1) is 16.4. The molecule has 0 aromatic heterocycles. The summed E-state index contributed by atoms with van der Waals surface area (Å²) in [5, 5.41) is 12.3. The lowest BCUT2D eigenvalue weighted by Crippen LogP contribution is -2.47. The van der Waals surface area contributed by atoms with Crippen LogP contribution in [0.2, 0.25) is 5.02 Å². The molecule has 0 saturated carbocycles. The SMILES string of the molecule is COc1ccc(Cl)c(NC(=O)N2CC(C)CC(C(=O)O)C2)c1. The molecule has 6 nitrogen and oxygen atoms in total. The number of carbonyl (C=O) groups is 2. The Morgan fingerprint density at radius 2 is 2.14 bits per heavy atom. The lowest BCUT2D eigenvalue weighted by Gasteiger charge is -2.34. The number of urea groups is 1. The molecular formula is C15H19ClN2O4. The average Bonchev–Trinajstić information content (AvgIpc) is 2.48. The van der Waals surface area contributed by atoms with Gasteiger partial charge in [-0.1, -0.05) is 18.5 Å². The second-order valence-electron chi connectivity index (χ2n) is 5.56. The lowest BCUT2D eigenvalue weighted by molar-refractivity contribution is -0.143. The van der Waals surface area contributed by atoms with Gasteiger partial charge in [0.05, 0.1) is 23.7 Å². The van der Waals surface area contributed by atoms with Crippen LogP contribution < -0.4 is 10.1 Å². The Bertz CT molecular complexity index is 579. The van der Waals surface area contributed by atoms with Crippen molar-refractivity contribution in [3.05, 3.63) is 23.2 Å². The van der Waals surface area contributed by atoms with Crippen molar-refractivity contribution in [1.29, 1.82) is 0 Å². The van der Waals surface area contributed by atoms with E-state index in [1.165, 1.54) is 12.0 Å². The van der Waals surface area contributed by atoms with Crippen LogP contribution in [0.3, 0.4) is 0 Å². The highest BCUT2D eigenvalue weighted by Gasteiger charge is 2.32. The number of nitrogens with one attached hydrogen (secondary N) is 1.